The van der Waals surface area contributed by atoms with E-state index in [0.717, 1.165) is 31.4 Å². The lowest BCUT2D eigenvalue weighted by Crippen LogP contribution is -2.29. The van der Waals surface area contributed by atoms with E-state index in [2.05, 4.69) is 35.1 Å². The molecule has 17 heavy (non-hydrogen) atoms. The Bertz CT molecular complexity index is 407. The lowest BCUT2D eigenvalue weighted by molar-refractivity contribution is 0.434. The molecule has 94 valence electrons. The van der Waals surface area contributed by atoms with Crippen LogP contribution in [-0.2, 0) is 5.41 Å². The van der Waals surface area contributed by atoms with E-state index in [4.69, 9.17) is 0 Å². The first kappa shape index (κ1) is 13.0. The van der Waals surface area contributed by atoms with Crippen molar-refractivity contribution in [2.75, 3.05) is 6.54 Å². The molecule has 0 spiro atoms. The van der Waals surface area contributed by atoms with Gasteiger partial charge in [0.25, 0.3) is 0 Å². The van der Waals surface area contributed by atoms with Crippen molar-refractivity contribution in [2.24, 2.45) is 0 Å². The van der Waals surface area contributed by atoms with E-state index in [1.807, 2.05) is 12.1 Å². The van der Waals surface area contributed by atoms with Gasteiger partial charge in [-0.3, -0.25) is 0 Å². The van der Waals surface area contributed by atoms with Crippen LogP contribution < -0.4 is 5.32 Å². The molecular weight excluding hydrogens is 281 g/mol. The summed E-state index contributed by atoms with van der Waals surface area (Å²) in [5, 5.41) is 3.47. The zero-order valence-electron chi connectivity index (χ0n) is 10.4. The maximum absolute atomic E-state index is 14.1. The van der Waals surface area contributed by atoms with Gasteiger partial charge < -0.3 is 5.32 Å². The second kappa shape index (κ2) is 5.07. The number of halogens is 2. The van der Waals surface area contributed by atoms with Crippen LogP contribution in [0, 0.1) is 5.82 Å². The number of hydrogen-bond acceptors (Lipinski definition) is 1. The molecule has 3 heteroatoms. The molecule has 1 saturated carbocycles. The average Bonchev–Trinajstić information content (AvgIpc) is 2.66. The van der Waals surface area contributed by atoms with E-state index < -0.39 is 0 Å². The van der Waals surface area contributed by atoms with Crippen LogP contribution in [0.25, 0.3) is 0 Å². The van der Waals surface area contributed by atoms with Gasteiger partial charge in [0.15, 0.2) is 0 Å². The number of benzene rings is 1. The highest BCUT2D eigenvalue weighted by atomic mass is 79.9. The third-order valence-electron chi connectivity index (χ3n) is 3.84. The Kier molecular flexibility index (Phi) is 3.88. The molecule has 0 aromatic heterocycles. The highest BCUT2D eigenvalue weighted by molar-refractivity contribution is 9.10. The lowest BCUT2D eigenvalue weighted by Gasteiger charge is -2.26. The molecule has 2 rings (SSSR count). The van der Waals surface area contributed by atoms with Gasteiger partial charge in [0.05, 0.1) is 4.47 Å². The Hall–Kier alpha value is -0.410. The first-order chi connectivity index (χ1) is 8.07. The highest BCUT2D eigenvalue weighted by Crippen LogP contribution is 2.42. The van der Waals surface area contributed by atoms with E-state index in [9.17, 15) is 4.39 Å². The van der Waals surface area contributed by atoms with E-state index in [1.165, 1.54) is 0 Å². The molecule has 1 aliphatic carbocycles. The fraction of sp³-hybridized carbons (Fsp3) is 0.571. The topological polar surface area (TPSA) is 12.0 Å². The fourth-order valence-electron chi connectivity index (χ4n) is 2.92. The predicted molar refractivity (Wildman–Crippen MR) is 72.8 cm³/mol. The number of hydrogen-bond donors (Lipinski definition) is 1. The molecule has 0 amide bonds. The standard InChI is InChI=1S/C14H19BrFN/c1-3-17-10-7-8-14(2,9-10)11-5-4-6-12(15)13(11)16/h4-6,10,17H,3,7-9H2,1-2H3. The van der Waals surface area contributed by atoms with Gasteiger partial charge in [-0.15, -0.1) is 0 Å². The molecule has 0 heterocycles. The number of nitrogens with one attached hydrogen (secondary N) is 1. The van der Waals surface area contributed by atoms with Crippen LogP contribution in [0.1, 0.15) is 38.7 Å². The summed E-state index contributed by atoms with van der Waals surface area (Å²) < 4.78 is 14.7. The molecule has 0 saturated heterocycles. The summed E-state index contributed by atoms with van der Waals surface area (Å²) in [5.41, 5.74) is 0.827. The van der Waals surface area contributed by atoms with Crippen LogP contribution >= 0.6 is 15.9 Å². The van der Waals surface area contributed by atoms with Gasteiger partial charge in [-0.05, 0) is 58.8 Å². The summed E-state index contributed by atoms with van der Waals surface area (Å²) in [7, 11) is 0. The maximum atomic E-state index is 14.1. The van der Waals surface area contributed by atoms with Crippen LogP contribution in [-0.4, -0.2) is 12.6 Å². The molecule has 0 bridgehead atoms. The Morgan fingerprint density at radius 1 is 1.53 bits per heavy atom. The Morgan fingerprint density at radius 2 is 2.29 bits per heavy atom. The summed E-state index contributed by atoms with van der Waals surface area (Å²) in [4.78, 5) is 0. The van der Waals surface area contributed by atoms with Crippen molar-refractivity contribution in [1.29, 1.82) is 0 Å². The largest absolute Gasteiger partial charge is 0.314 e. The second-order valence-corrected chi connectivity index (χ2v) is 6.01. The normalized spacial score (nSPS) is 28.6. The Balaban J connectivity index is 2.25. The van der Waals surface area contributed by atoms with Crippen molar-refractivity contribution >= 4 is 15.9 Å². The van der Waals surface area contributed by atoms with Gasteiger partial charge in [0.2, 0.25) is 0 Å². The predicted octanol–water partition coefficient (Wildman–Crippen LogP) is 4.01. The Morgan fingerprint density at radius 3 is 3.00 bits per heavy atom. The molecule has 0 radical (unpaired) electrons. The van der Waals surface area contributed by atoms with Crippen LogP contribution in [0.2, 0.25) is 0 Å². The maximum Gasteiger partial charge on any atom is 0.141 e. The molecule has 1 aromatic carbocycles. The van der Waals surface area contributed by atoms with Crippen LogP contribution in [0.3, 0.4) is 0 Å². The van der Waals surface area contributed by atoms with Gasteiger partial charge in [0.1, 0.15) is 5.82 Å². The van der Waals surface area contributed by atoms with E-state index in [-0.39, 0.29) is 11.2 Å². The molecule has 1 aliphatic rings. The molecular formula is C14H19BrFN. The third kappa shape index (κ3) is 2.55. The minimum Gasteiger partial charge on any atom is -0.314 e. The van der Waals surface area contributed by atoms with E-state index in [0.29, 0.717) is 10.5 Å². The summed E-state index contributed by atoms with van der Waals surface area (Å²) in [6.45, 7) is 5.28. The Labute approximate surface area is 111 Å². The molecule has 0 aliphatic heterocycles. The fourth-order valence-corrected chi connectivity index (χ4v) is 3.28. The second-order valence-electron chi connectivity index (χ2n) is 5.16. The summed E-state index contributed by atoms with van der Waals surface area (Å²) >= 11 is 3.27. The van der Waals surface area contributed by atoms with Gasteiger partial charge in [0, 0.05) is 6.04 Å². The SMILES string of the molecule is CCNC1CCC(C)(c2cccc(Br)c2F)C1. The number of rotatable bonds is 3. The van der Waals surface area contributed by atoms with Crippen molar-refractivity contribution < 1.29 is 4.39 Å². The monoisotopic (exact) mass is 299 g/mol. The van der Waals surface area contributed by atoms with Gasteiger partial charge >= 0.3 is 0 Å². The van der Waals surface area contributed by atoms with Crippen LogP contribution in [0.15, 0.2) is 22.7 Å². The van der Waals surface area contributed by atoms with Crippen LogP contribution in [0.5, 0.6) is 0 Å². The third-order valence-corrected chi connectivity index (χ3v) is 4.45. The van der Waals surface area contributed by atoms with Gasteiger partial charge in [-0.2, -0.15) is 0 Å². The summed E-state index contributed by atoms with van der Waals surface area (Å²) in [6, 6.07) is 6.14. The minimum atomic E-state index is -0.0906. The van der Waals surface area contributed by atoms with Crippen molar-refractivity contribution in [3.8, 4) is 0 Å². The van der Waals surface area contributed by atoms with Crippen molar-refractivity contribution in [3.63, 3.8) is 0 Å². The van der Waals surface area contributed by atoms with Gasteiger partial charge in [-0.25, -0.2) is 4.39 Å². The van der Waals surface area contributed by atoms with Crippen LogP contribution in [0.4, 0.5) is 4.39 Å². The smallest absolute Gasteiger partial charge is 0.141 e. The van der Waals surface area contributed by atoms with E-state index >= 15 is 0 Å². The first-order valence-electron chi connectivity index (χ1n) is 6.24. The molecule has 2 atom stereocenters. The molecule has 1 N–H and O–H groups in total. The molecule has 2 unspecified atom stereocenters. The van der Waals surface area contributed by atoms with Crippen molar-refractivity contribution in [2.45, 2.75) is 44.6 Å². The quantitative estimate of drug-likeness (QED) is 0.889. The minimum absolute atomic E-state index is 0.0271. The van der Waals surface area contributed by atoms with Crippen molar-refractivity contribution in [3.05, 3.63) is 34.1 Å². The first-order valence-corrected chi connectivity index (χ1v) is 7.04. The summed E-state index contributed by atoms with van der Waals surface area (Å²) in [5.74, 6) is -0.0906. The summed E-state index contributed by atoms with van der Waals surface area (Å²) in [6.07, 6.45) is 3.21. The molecule has 1 aromatic rings. The zero-order chi connectivity index (χ0) is 12.5. The van der Waals surface area contributed by atoms with Gasteiger partial charge in [-0.1, -0.05) is 26.0 Å². The highest BCUT2D eigenvalue weighted by Gasteiger charge is 2.38. The molecule has 1 fully saturated rings. The lowest BCUT2D eigenvalue weighted by atomic mass is 9.80. The van der Waals surface area contributed by atoms with E-state index in [1.54, 1.807) is 6.07 Å². The average molecular weight is 300 g/mol. The van der Waals surface area contributed by atoms with Crippen molar-refractivity contribution in [1.82, 2.24) is 5.32 Å². The molecule has 1 nitrogen and oxygen atoms in total. The zero-order valence-corrected chi connectivity index (χ0v) is 12.0.